The minimum atomic E-state index is -0.722. The molecule has 0 radical (unpaired) electrons. The molecule has 0 aromatic heterocycles. The van der Waals surface area contributed by atoms with Gasteiger partial charge in [0.1, 0.15) is 6.29 Å². The fraction of sp³-hybridized carbons (Fsp3) is 0.824. The largest absolute Gasteiger partial charge is 0.481 e. The highest BCUT2D eigenvalue weighted by Gasteiger charge is 2.61. The molecule has 1 fully saturated rings. The first-order valence-corrected chi connectivity index (χ1v) is 15.4. The number of hydrogen-bond donors (Lipinski definition) is 1. The molecule has 0 amide bonds. The maximum Gasteiger partial charge on any atom is 0.309 e. The summed E-state index contributed by atoms with van der Waals surface area (Å²) in [7, 11) is 3.25. The van der Waals surface area contributed by atoms with Crippen molar-refractivity contribution in [2.75, 3.05) is 20.8 Å². The molecule has 5 atom stereocenters. The van der Waals surface area contributed by atoms with E-state index in [-0.39, 0.29) is 6.10 Å². The molecule has 0 aromatic rings. The van der Waals surface area contributed by atoms with Crippen molar-refractivity contribution < 1.29 is 24.2 Å². The van der Waals surface area contributed by atoms with Crippen molar-refractivity contribution in [3.63, 3.8) is 0 Å². The molecule has 5 nitrogen and oxygen atoms in total. The average molecular weight is 549 g/mol. The van der Waals surface area contributed by atoms with E-state index in [0.29, 0.717) is 23.7 Å². The second kappa shape index (κ2) is 16.7. The molecular weight excluding hydrogens is 488 g/mol. The molecule has 0 saturated heterocycles. The highest BCUT2D eigenvalue weighted by atomic mass is 16.5. The van der Waals surface area contributed by atoms with Crippen molar-refractivity contribution in [3.05, 3.63) is 23.8 Å². The van der Waals surface area contributed by atoms with Crippen LogP contribution in [0.5, 0.6) is 0 Å². The Labute approximate surface area is 240 Å². The molecule has 1 spiro atoms. The standard InChI is InChI=1S/C26H42O2.C6H12O2.C2H6O/c1-5-25(3,4)16-18-28-23(15-17-27)11-8-10-22-19-26(22)20(2)13-14-21-9-6-7-12-24(21)26;1-4-6(2,3)5(7)8;1-3-2/h9,13-14,17,20,22-24H,5-8,10-12,15-16,18-19H2,1-4H3;4H2,1-3H3,(H,7,8);1-2H3. The van der Waals surface area contributed by atoms with Gasteiger partial charge in [-0.25, -0.2) is 0 Å². The number of rotatable bonds is 13. The molecule has 0 aliphatic heterocycles. The van der Waals surface area contributed by atoms with Gasteiger partial charge in [0, 0.05) is 27.2 Å². The molecule has 0 aromatic carbocycles. The summed E-state index contributed by atoms with van der Waals surface area (Å²) in [6.45, 7) is 15.4. The third-order valence-corrected chi connectivity index (χ3v) is 9.74. The molecule has 5 unspecified atom stereocenters. The first-order chi connectivity index (χ1) is 18.3. The van der Waals surface area contributed by atoms with Crippen LogP contribution in [0.1, 0.15) is 119 Å². The summed E-state index contributed by atoms with van der Waals surface area (Å²) in [5.74, 6) is 1.68. The third kappa shape index (κ3) is 10.8. The number of aldehydes is 1. The fourth-order valence-electron chi connectivity index (χ4n) is 5.94. The van der Waals surface area contributed by atoms with Crippen LogP contribution in [0.15, 0.2) is 23.8 Å². The number of allylic oxidation sites excluding steroid dienone is 4. The molecule has 39 heavy (non-hydrogen) atoms. The van der Waals surface area contributed by atoms with Gasteiger partial charge in [-0.15, -0.1) is 0 Å². The monoisotopic (exact) mass is 548 g/mol. The van der Waals surface area contributed by atoms with E-state index in [2.05, 4.69) is 50.7 Å². The summed E-state index contributed by atoms with van der Waals surface area (Å²) in [5, 5.41) is 8.44. The van der Waals surface area contributed by atoms with Crippen LogP contribution in [0.4, 0.5) is 0 Å². The van der Waals surface area contributed by atoms with E-state index in [1.807, 2.05) is 6.92 Å². The number of carboxylic acid groups (broad SMARTS) is 1. The van der Waals surface area contributed by atoms with Crippen LogP contribution in [0.2, 0.25) is 0 Å². The molecule has 3 aliphatic rings. The minimum Gasteiger partial charge on any atom is -0.481 e. The van der Waals surface area contributed by atoms with Crippen LogP contribution < -0.4 is 0 Å². The maximum absolute atomic E-state index is 11.1. The molecule has 226 valence electrons. The number of aliphatic carboxylic acids is 1. The Hall–Kier alpha value is -1.46. The first kappa shape index (κ1) is 35.6. The van der Waals surface area contributed by atoms with Gasteiger partial charge in [0.05, 0.1) is 11.5 Å². The van der Waals surface area contributed by atoms with Gasteiger partial charge in [-0.2, -0.15) is 0 Å². The predicted molar refractivity (Wildman–Crippen MR) is 162 cm³/mol. The van der Waals surface area contributed by atoms with Crippen LogP contribution in [0.3, 0.4) is 0 Å². The van der Waals surface area contributed by atoms with E-state index in [4.69, 9.17) is 9.84 Å². The third-order valence-electron chi connectivity index (χ3n) is 9.74. The SMILES string of the molecule is CCC(C)(C)C(=O)O.CCC(C)(C)CCOC(CC=O)CCCC1CC12C(C)C=CC1=CCCCC12.COC. The van der Waals surface area contributed by atoms with Gasteiger partial charge < -0.3 is 19.4 Å². The number of carbonyl (C=O) groups excluding carboxylic acids is 1. The lowest BCUT2D eigenvalue weighted by Crippen LogP contribution is -2.30. The van der Waals surface area contributed by atoms with Gasteiger partial charge >= 0.3 is 5.97 Å². The number of carbonyl (C=O) groups is 2. The molecule has 1 N–H and O–H groups in total. The lowest BCUT2D eigenvalue weighted by Gasteiger charge is -2.39. The fourth-order valence-corrected chi connectivity index (χ4v) is 5.94. The molecule has 3 rings (SSSR count). The average Bonchev–Trinajstić information content (AvgIpc) is 3.62. The Bertz CT molecular complexity index is 795. The van der Waals surface area contributed by atoms with E-state index in [9.17, 15) is 9.59 Å². The summed E-state index contributed by atoms with van der Waals surface area (Å²) in [6, 6.07) is 0. The summed E-state index contributed by atoms with van der Waals surface area (Å²) in [4.78, 5) is 21.3. The topological polar surface area (TPSA) is 72.8 Å². The van der Waals surface area contributed by atoms with Crippen LogP contribution in [-0.2, 0) is 19.1 Å². The van der Waals surface area contributed by atoms with Gasteiger partial charge in [0.15, 0.2) is 0 Å². The zero-order valence-corrected chi connectivity index (χ0v) is 26.7. The van der Waals surface area contributed by atoms with E-state index in [0.717, 1.165) is 43.5 Å². The highest BCUT2D eigenvalue weighted by Crippen LogP contribution is 2.69. The number of carboxylic acids is 1. The first-order valence-electron chi connectivity index (χ1n) is 15.4. The van der Waals surface area contributed by atoms with Crippen molar-refractivity contribution in [1.82, 2.24) is 0 Å². The number of ether oxygens (including phenoxy) is 2. The molecule has 3 aliphatic carbocycles. The number of methoxy groups -OCH3 is 1. The number of hydrogen-bond acceptors (Lipinski definition) is 4. The van der Waals surface area contributed by atoms with Gasteiger partial charge in [0.2, 0.25) is 0 Å². The second-order valence-corrected chi connectivity index (χ2v) is 13.4. The predicted octanol–water partition coefficient (Wildman–Crippen LogP) is 8.67. The Balaban J connectivity index is 0.000000587. The summed E-state index contributed by atoms with van der Waals surface area (Å²) in [6.07, 6.45) is 21.0. The van der Waals surface area contributed by atoms with Crippen LogP contribution >= 0.6 is 0 Å². The molecular formula is C34H60O5. The van der Waals surface area contributed by atoms with Crippen molar-refractivity contribution in [1.29, 1.82) is 0 Å². The van der Waals surface area contributed by atoms with Crippen LogP contribution in [0, 0.1) is 34.0 Å². The molecule has 1 saturated carbocycles. The molecule has 5 heteroatoms. The Morgan fingerprint density at radius 2 is 1.87 bits per heavy atom. The smallest absolute Gasteiger partial charge is 0.309 e. The Morgan fingerprint density at radius 1 is 1.21 bits per heavy atom. The molecule has 0 bridgehead atoms. The quantitative estimate of drug-likeness (QED) is 0.233. The molecule has 0 heterocycles. The van der Waals surface area contributed by atoms with E-state index in [1.54, 1.807) is 33.6 Å². The van der Waals surface area contributed by atoms with Gasteiger partial charge in [-0.3, -0.25) is 4.79 Å². The Morgan fingerprint density at radius 3 is 2.41 bits per heavy atom. The zero-order chi connectivity index (χ0) is 29.7. The maximum atomic E-state index is 11.1. The van der Waals surface area contributed by atoms with Gasteiger partial charge in [-0.05, 0) is 99.4 Å². The van der Waals surface area contributed by atoms with E-state index < -0.39 is 11.4 Å². The number of fused-ring (bicyclic) bond motifs is 2. The summed E-state index contributed by atoms with van der Waals surface area (Å²) >= 11 is 0. The lowest BCUT2D eigenvalue weighted by molar-refractivity contribution is -0.147. The van der Waals surface area contributed by atoms with Crippen LogP contribution in [0.25, 0.3) is 0 Å². The van der Waals surface area contributed by atoms with Gasteiger partial charge in [-0.1, -0.05) is 65.7 Å². The zero-order valence-electron chi connectivity index (χ0n) is 26.7. The summed E-state index contributed by atoms with van der Waals surface area (Å²) in [5.41, 5.74) is 1.97. The highest BCUT2D eigenvalue weighted by molar-refractivity contribution is 5.73. The van der Waals surface area contributed by atoms with E-state index in [1.165, 1.54) is 44.9 Å². The minimum absolute atomic E-state index is 0.119. The van der Waals surface area contributed by atoms with Crippen LogP contribution in [-0.4, -0.2) is 44.3 Å². The van der Waals surface area contributed by atoms with Crippen molar-refractivity contribution in [2.45, 2.75) is 125 Å². The van der Waals surface area contributed by atoms with Gasteiger partial charge in [0.25, 0.3) is 0 Å². The summed E-state index contributed by atoms with van der Waals surface area (Å²) < 4.78 is 10.4. The van der Waals surface area contributed by atoms with Crippen molar-refractivity contribution in [2.24, 2.45) is 34.0 Å². The van der Waals surface area contributed by atoms with Crippen molar-refractivity contribution >= 4 is 12.3 Å². The van der Waals surface area contributed by atoms with Crippen molar-refractivity contribution in [3.8, 4) is 0 Å². The lowest BCUT2D eigenvalue weighted by atomic mass is 9.66. The second-order valence-electron chi connectivity index (χ2n) is 13.4. The Kier molecular flexibility index (Phi) is 15.2. The van der Waals surface area contributed by atoms with E-state index >= 15 is 0 Å². The normalized spacial score (nSPS) is 26.3.